The van der Waals surface area contributed by atoms with Gasteiger partial charge in [0.15, 0.2) is 5.03 Å². The molecule has 1 saturated carbocycles. The molecular weight excluding hydrogens is 288 g/mol. The Kier molecular flexibility index (Phi) is 5.37. The van der Waals surface area contributed by atoms with Crippen molar-refractivity contribution in [3.8, 4) is 0 Å². The highest BCUT2D eigenvalue weighted by Gasteiger charge is 2.38. The van der Waals surface area contributed by atoms with E-state index in [1.165, 1.54) is 10.6 Å². The van der Waals surface area contributed by atoms with Crippen molar-refractivity contribution in [1.82, 2.24) is 13.9 Å². The van der Waals surface area contributed by atoms with Crippen LogP contribution >= 0.6 is 12.4 Å². The Labute approximate surface area is 120 Å². The van der Waals surface area contributed by atoms with Crippen molar-refractivity contribution in [2.45, 2.75) is 37.4 Å². The van der Waals surface area contributed by atoms with Gasteiger partial charge in [0.1, 0.15) is 0 Å². The Morgan fingerprint density at radius 3 is 2.63 bits per heavy atom. The molecule has 110 valence electrons. The smallest absolute Gasteiger partial charge is 0.262 e. The molecule has 0 aliphatic heterocycles. The van der Waals surface area contributed by atoms with Crippen molar-refractivity contribution in [3.63, 3.8) is 0 Å². The first kappa shape index (κ1) is 16.4. The van der Waals surface area contributed by atoms with Crippen LogP contribution in [0.2, 0.25) is 0 Å². The molecule has 1 fully saturated rings. The van der Waals surface area contributed by atoms with Crippen LogP contribution in [0.15, 0.2) is 17.6 Å². The lowest BCUT2D eigenvalue weighted by Gasteiger charge is -2.25. The zero-order valence-corrected chi connectivity index (χ0v) is 12.8. The van der Waals surface area contributed by atoms with E-state index in [9.17, 15) is 8.42 Å². The quantitative estimate of drug-likeness (QED) is 0.838. The van der Waals surface area contributed by atoms with Crippen LogP contribution in [0.5, 0.6) is 0 Å². The summed E-state index contributed by atoms with van der Waals surface area (Å²) in [5.41, 5.74) is 5.69. The van der Waals surface area contributed by atoms with Gasteiger partial charge in [-0.2, -0.15) is 4.31 Å². The predicted molar refractivity (Wildman–Crippen MR) is 75.7 cm³/mol. The van der Waals surface area contributed by atoms with Crippen LogP contribution in [0.25, 0.3) is 0 Å². The molecule has 1 heterocycles. The van der Waals surface area contributed by atoms with Crippen LogP contribution in [0.3, 0.4) is 0 Å². The number of aromatic nitrogens is 2. The van der Waals surface area contributed by atoms with Gasteiger partial charge in [-0.25, -0.2) is 13.4 Å². The molecule has 1 atom stereocenters. The number of aryl methyl sites for hydroxylation is 1. The Morgan fingerprint density at radius 2 is 2.21 bits per heavy atom. The van der Waals surface area contributed by atoms with E-state index in [0.717, 1.165) is 12.8 Å². The van der Waals surface area contributed by atoms with E-state index in [-0.39, 0.29) is 23.5 Å². The number of nitrogens with zero attached hydrogens (tertiary/aromatic N) is 3. The number of halogens is 1. The summed E-state index contributed by atoms with van der Waals surface area (Å²) in [5.74, 6) is 0.406. The molecule has 0 bridgehead atoms. The maximum atomic E-state index is 12.4. The SMILES string of the molecule is CCn1cnc(S(=O)(=O)N(C)C(CN)C2CC2)c1.Cl. The summed E-state index contributed by atoms with van der Waals surface area (Å²) in [6.45, 7) is 3.00. The van der Waals surface area contributed by atoms with Gasteiger partial charge in [-0.05, 0) is 25.7 Å². The molecule has 19 heavy (non-hydrogen) atoms. The molecule has 2 rings (SSSR count). The first-order valence-electron chi connectivity index (χ1n) is 6.20. The molecule has 0 saturated heterocycles. The topological polar surface area (TPSA) is 81.2 Å². The van der Waals surface area contributed by atoms with Gasteiger partial charge in [-0.15, -0.1) is 12.4 Å². The monoisotopic (exact) mass is 308 g/mol. The Morgan fingerprint density at radius 1 is 1.58 bits per heavy atom. The van der Waals surface area contributed by atoms with E-state index >= 15 is 0 Å². The number of nitrogens with two attached hydrogens (primary N) is 1. The van der Waals surface area contributed by atoms with Crippen molar-refractivity contribution in [2.24, 2.45) is 11.7 Å². The second kappa shape index (κ2) is 6.21. The number of imidazole rings is 1. The third-order valence-corrected chi connectivity index (χ3v) is 5.26. The maximum Gasteiger partial charge on any atom is 0.262 e. The number of rotatable bonds is 6. The van der Waals surface area contributed by atoms with Gasteiger partial charge in [-0.3, -0.25) is 0 Å². The second-order valence-corrected chi connectivity index (χ2v) is 6.65. The second-order valence-electron chi connectivity index (χ2n) is 4.70. The van der Waals surface area contributed by atoms with Gasteiger partial charge in [-0.1, -0.05) is 0 Å². The average Bonchev–Trinajstić information content (AvgIpc) is 3.06. The molecule has 1 unspecified atom stereocenters. The molecule has 1 aliphatic carbocycles. The van der Waals surface area contributed by atoms with Crippen molar-refractivity contribution < 1.29 is 8.42 Å². The summed E-state index contributed by atoms with van der Waals surface area (Å²) in [6, 6.07) is -0.109. The van der Waals surface area contributed by atoms with Crippen LogP contribution in [0, 0.1) is 5.92 Å². The molecule has 2 N–H and O–H groups in total. The van der Waals surface area contributed by atoms with Crippen LogP contribution < -0.4 is 5.73 Å². The van der Waals surface area contributed by atoms with Gasteiger partial charge in [0.05, 0.1) is 6.33 Å². The fourth-order valence-electron chi connectivity index (χ4n) is 2.09. The van der Waals surface area contributed by atoms with Gasteiger partial charge in [0.25, 0.3) is 10.0 Å². The fraction of sp³-hybridized carbons (Fsp3) is 0.727. The lowest BCUT2D eigenvalue weighted by molar-refractivity contribution is 0.339. The zero-order chi connectivity index (χ0) is 13.3. The summed E-state index contributed by atoms with van der Waals surface area (Å²) in [6.07, 6.45) is 5.22. The molecular formula is C11H21ClN4O2S. The molecule has 0 spiro atoms. The normalized spacial score (nSPS) is 17.3. The largest absolute Gasteiger partial charge is 0.336 e. The van der Waals surface area contributed by atoms with Crippen LogP contribution in [-0.4, -0.2) is 41.9 Å². The lowest BCUT2D eigenvalue weighted by atomic mass is 10.2. The summed E-state index contributed by atoms with van der Waals surface area (Å²) in [4.78, 5) is 3.97. The Hall–Kier alpha value is -0.630. The highest BCUT2D eigenvalue weighted by atomic mass is 35.5. The van der Waals surface area contributed by atoms with Crippen LogP contribution in [0.1, 0.15) is 19.8 Å². The fourth-order valence-corrected chi connectivity index (χ4v) is 3.45. The lowest BCUT2D eigenvalue weighted by Crippen LogP contribution is -2.43. The predicted octanol–water partition coefficient (Wildman–Crippen LogP) is 0.683. The van der Waals surface area contributed by atoms with Crippen LogP contribution in [0.4, 0.5) is 0 Å². The molecule has 1 aliphatic rings. The van der Waals surface area contributed by atoms with Gasteiger partial charge >= 0.3 is 0 Å². The third kappa shape index (κ3) is 3.28. The van der Waals surface area contributed by atoms with Gasteiger partial charge < -0.3 is 10.3 Å². The van der Waals surface area contributed by atoms with Crippen molar-refractivity contribution in [3.05, 3.63) is 12.5 Å². The molecule has 8 heteroatoms. The summed E-state index contributed by atoms with van der Waals surface area (Å²) in [5, 5.41) is 0.103. The van der Waals surface area contributed by atoms with Gasteiger partial charge in [0, 0.05) is 32.4 Å². The summed E-state index contributed by atoms with van der Waals surface area (Å²) in [7, 11) is -1.93. The summed E-state index contributed by atoms with van der Waals surface area (Å²) >= 11 is 0. The first-order chi connectivity index (χ1) is 8.50. The van der Waals surface area contributed by atoms with Crippen LogP contribution in [-0.2, 0) is 16.6 Å². The first-order valence-corrected chi connectivity index (χ1v) is 7.64. The number of hydrogen-bond acceptors (Lipinski definition) is 4. The minimum Gasteiger partial charge on any atom is -0.336 e. The minimum absolute atomic E-state index is 0. The zero-order valence-electron chi connectivity index (χ0n) is 11.2. The van der Waals surface area contributed by atoms with E-state index in [1.54, 1.807) is 17.8 Å². The molecule has 1 aromatic heterocycles. The van der Waals surface area contributed by atoms with E-state index in [4.69, 9.17) is 5.73 Å². The number of likely N-dealkylation sites (N-methyl/N-ethyl adjacent to an activating group) is 1. The van der Waals surface area contributed by atoms with E-state index < -0.39 is 10.0 Å². The summed E-state index contributed by atoms with van der Waals surface area (Å²) < 4.78 is 27.9. The Balaban J connectivity index is 0.00000180. The highest BCUT2D eigenvalue weighted by molar-refractivity contribution is 7.89. The average molecular weight is 309 g/mol. The molecule has 0 amide bonds. The minimum atomic E-state index is -3.52. The van der Waals surface area contributed by atoms with E-state index in [0.29, 0.717) is 19.0 Å². The standard InChI is InChI=1S/C11H20N4O2S.ClH/c1-3-15-7-11(13-8-15)18(16,17)14(2)10(6-12)9-4-5-9;/h7-10H,3-6,12H2,1-2H3;1H. The van der Waals surface area contributed by atoms with E-state index in [2.05, 4.69) is 4.98 Å². The number of hydrogen-bond donors (Lipinski definition) is 1. The van der Waals surface area contributed by atoms with E-state index in [1.807, 2.05) is 6.92 Å². The Bertz CT molecular complexity index is 513. The van der Waals surface area contributed by atoms with Crippen molar-refractivity contribution in [1.29, 1.82) is 0 Å². The number of sulfonamides is 1. The maximum absolute atomic E-state index is 12.4. The molecule has 6 nitrogen and oxygen atoms in total. The highest BCUT2D eigenvalue weighted by Crippen LogP contribution is 2.36. The van der Waals surface area contributed by atoms with Crippen molar-refractivity contribution >= 4 is 22.4 Å². The molecule has 1 aromatic rings. The van der Waals surface area contributed by atoms with Crippen molar-refractivity contribution in [2.75, 3.05) is 13.6 Å². The third-order valence-electron chi connectivity index (χ3n) is 3.49. The molecule has 0 aromatic carbocycles. The molecule has 0 radical (unpaired) electrons. The van der Waals surface area contributed by atoms with Gasteiger partial charge in [0.2, 0.25) is 0 Å².